The Kier molecular flexibility index (Phi) is 6.10. The molecular formula is C14H17ClF3IN6O. The normalized spacial score (nSPS) is 19.3. The Morgan fingerprint density at radius 1 is 1.42 bits per heavy atom. The van der Waals surface area contributed by atoms with Gasteiger partial charge in [0.15, 0.2) is 6.04 Å². The Morgan fingerprint density at radius 2 is 2.12 bits per heavy atom. The molecule has 0 spiro atoms. The van der Waals surface area contributed by atoms with Crippen LogP contribution in [0, 0.1) is 3.57 Å². The van der Waals surface area contributed by atoms with Crippen molar-refractivity contribution >= 4 is 46.7 Å². The molecule has 0 bridgehead atoms. The first-order chi connectivity index (χ1) is 11.7. The number of nitrogens with one attached hydrogen (secondary N) is 2. The Bertz CT molecular complexity index is 786. The number of nitrogens with zero attached hydrogens (tertiary/aromatic N) is 4. The van der Waals surface area contributed by atoms with Crippen molar-refractivity contribution in [3.8, 4) is 0 Å². The summed E-state index contributed by atoms with van der Waals surface area (Å²) < 4.78 is 42.8. The van der Waals surface area contributed by atoms with E-state index in [1.807, 2.05) is 22.6 Å². The summed E-state index contributed by atoms with van der Waals surface area (Å²) in [5, 5.41) is 13.6. The topological polar surface area (TPSA) is 76.8 Å². The van der Waals surface area contributed by atoms with E-state index >= 15 is 0 Å². The maximum atomic E-state index is 13.2. The van der Waals surface area contributed by atoms with Crippen LogP contribution in [0.4, 0.5) is 19.0 Å². The zero-order valence-electron chi connectivity index (χ0n) is 13.8. The molecular weight excluding hydrogens is 488 g/mol. The fraction of sp³-hybridized carbons (Fsp3) is 0.500. The third-order valence-corrected chi connectivity index (χ3v) is 4.84. The molecule has 0 aliphatic carbocycles. The summed E-state index contributed by atoms with van der Waals surface area (Å²) in [7, 11) is 1.65. The second-order valence-corrected chi connectivity index (χ2v) is 7.11. The van der Waals surface area contributed by atoms with Gasteiger partial charge in [0.05, 0.1) is 16.0 Å². The predicted octanol–water partition coefficient (Wildman–Crippen LogP) is 2.88. The van der Waals surface area contributed by atoms with Crippen LogP contribution >= 0.6 is 35.0 Å². The minimum absolute atomic E-state index is 0. The lowest BCUT2D eigenvalue weighted by molar-refractivity contribution is -0.173. The van der Waals surface area contributed by atoms with Crippen LogP contribution in [-0.2, 0) is 13.6 Å². The molecule has 0 saturated carbocycles. The summed E-state index contributed by atoms with van der Waals surface area (Å²) in [4.78, 5) is 12.3. The molecule has 1 amide bonds. The molecule has 7 nitrogen and oxygen atoms in total. The van der Waals surface area contributed by atoms with Gasteiger partial charge in [0.2, 0.25) is 0 Å². The number of rotatable bonds is 3. The van der Waals surface area contributed by atoms with E-state index in [1.165, 1.54) is 10.9 Å². The van der Waals surface area contributed by atoms with Gasteiger partial charge in [-0.3, -0.25) is 9.48 Å². The molecule has 144 valence electrons. The number of carbonyl (C=O) groups excluding carboxylic acids is 1. The molecule has 26 heavy (non-hydrogen) atoms. The maximum Gasteiger partial charge on any atom is 0.410 e. The van der Waals surface area contributed by atoms with Gasteiger partial charge in [-0.2, -0.15) is 23.4 Å². The van der Waals surface area contributed by atoms with E-state index in [4.69, 9.17) is 0 Å². The van der Waals surface area contributed by atoms with Crippen molar-refractivity contribution in [3.63, 3.8) is 0 Å². The number of hydrogen-bond acceptors (Lipinski definition) is 4. The summed E-state index contributed by atoms with van der Waals surface area (Å²) in [6.07, 6.45) is -1.54. The molecule has 2 atom stereocenters. The van der Waals surface area contributed by atoms with Gasteiger partial charge in [0.25, 0.3) is 5.91 Å². The van der Waals surface area contributed by atoms with E-state index in [0.29, 0.717) is 20.6 Å². The number of amides is 1. The Labute approximate surface area is 167 Å². The number of alkyl halides is 3. The molecule has 0 fully saturated rings. The van der Waals surface area contributed by atoms with Crippen molar-refractivity contribution in [1.82, 2.24) is 24.9 Å². The van der Waals surface area contributed by atoms with Gasteiger partial charge in [-0.05, 0) is 35.9 Å². The first kappa shape index (κ1) is 20.8. The molecule has 1 aliphatic heterocycles. The smallest absolute Gasteiger partial charge is 0.367 e. The van der Waals surface area contributed by atoms with E-state index in [9.17, 15) is 18.0 Å². The summed E-state index contributed by atoms with van der Waals surface area (Å²) in [6, 6.07) is -2.01. The predicted molar refractivity (Wildman–Crippen MR) is 99.4 cm³/mol. The van der Waals surface area contributed by atoms with Crippen molar-refractivity contribution in [2.24, 2.45) is 7.05 Å². The highest BCUT2D eigenvalue weighted by Crippen LogP contribution is 2.40. The van der Waals surface area contributed by atoms with Gasteiger partial charge < -0.3 is 10.6 Å². The average Bonchev–Trinajstić information content (AvgIpc) is 3.06. The minimum Gasteiger partial charge on any atom is -0.367 e. The van der Waals surface area contributed by atoms with Crippen LogP contribution in [0.1, 0.15) is 35.4 Å². The number of aryl methyl sites for hydroxylation is 1. The number of halogens is 5. The lowest BCUT2D eigenvalue weighted by Gasteiger charge is -2.32. The number of aromatic nitrogens is 4. The molecule has 2 aromatic rings. The zero-order chi connectivity index (χ0) is 18.4. The van der Waals surface area contributed by atoms with Gasteiger partial charge in [0, 0.05) is 25.2 Å². The molecule has 1 aliphatic rings. The van der Waals surface area contributed by atoms with E-state index in [0.717, 1.165) is 4.68 Å². The largest absolute Gasteiger partial charge is 0.410 e. The van der Waals surface area contributed by atoms with E-state index in [1.54, 1.807) is 20.2 Å². The molecule has 3 rings (SSSR count). The molecule has 2 aromatic heterocycles. The summed E-state index contributed by atoms with van der Waals surface area (Å²) >= 11 is 2.00. The lowest BCUT2D eigenvalue weighted by Crippen LogP contribution is -2.38. The highest BCUT2D eigenvalue weighted by Gasteiger charge is 2.45. The van der Waals surface area contributed by atoms with Gasteiger partial charge in [-0.1, -0.05) is 0 Å². The monoisotopic (exact) mass is 504 g/mol. The Morgan fingerprint density at radius 3 is 2.69 bits per heavy atom. The summed E-state index contributed by atoms with van der Waals surface area (Å²) in [6.45, 7) is 1.76. The molecule has 3 heterocycles. The second kappa shape index (κ2) is 7.62. The number of fused-ring (bicyclic) bond motifs is 1. The van der Waals surface area contributed by atoms with Crippen molar-refractivity contribution in [2.45, 2.75) is 38.1 Å². The second-order valence-electron chi connectivity index (χ2n) is 5.95. The van der Waals surface area contributed by atoms with Crippen molar-refractivity contribution in [1.29, 1.82) is 0 Å². The number of anilines is 1. The Hall–Kier alpha value is -1.50. The maximum absolute atomic E-state index is 13.2. The van der Waals surface area contributed by atoms with E-state index < -0.39 is 12.2 Å². The van der Waals surface area contributed by atoms with Crippen LogP contribution in [0.3, 0.4) is 0 Å². The third kappa shape index (κ3) is 3.92. The molecule has 0 saturated heterocycles. The zero-order valence-corrected chi connectivity index (χ0v) is 16.8. The fourth-order valence-electron chi connectivity index (χ4n) is 2.85. The van der Waals surface area contributed by atoms with Gasteiger partial charge in [-0.15, -0.1) is 12.4 Å². The van der Waals surface area contributed by atoms with E-state index in [2.05, 4.69) is 20.8 Å². The number of hydrogen-bond donors (Lipinski definition) is 2. The van der Waals surface area contributed by atoms with Crippen LogP contribution in [0.25, 0.3) is 0 Å². The quantitative estimate of drug-likeness (QED) is 0.631. The van der Waals surface area contributed by atoms with Crippen LogP contribution in [0.15, 0.2) is 12.4 Å². The minimum atomic E-state index is -4.37. The highest BCUT2D eigenvalue weighted by molar-refractivity contribution is 14.1. The fourth-order valence-corrected chi connectivity index (χ4v) is 3.57. The molecule has 0 radical (unpaired) electrons. The van der Waals surface area contributed by atoms with Crippen LogP contribution < -0.4 is 10.6 Å². The standard InChI is InChI=1S/C14H16F3IN6O.ClH/c1-7-3-10(14(15,16)17)24-12(22-7)8(5-21-24)4-19-13(25)11-9(18)6-20-23(11)2;/h5-7,10,22H,3-4H2,1-2H3,(H,19,25);1H. The van der Waals surface area contributed by atoms with Crippen molar-refractivity contribution < 1.29 is 18.0 Å². The number of carbonyl (C=O) groups is 1. The van der Waals surface area contributed by atoms with Gasteiger partial charge >= 0.3 is 6.18 Å². The SMILES string of the molecule is CC1CC(C(F)(F)F)n2ncc(CNC(=O)c3c(I)cnn3C)c2N1.Cl. The molecule has 2 N–H and O–H groups in total. The van der Waals surface area contributed by atoms with Gasteiger partial charge in [0.1, 0.15) is 11.5 Å². The van der Waals surface area contributed by atoms with Gasteiger partial charge in [-0.25, -0.2) is 4.68 Å². The Balaban J connectivity index is 0.00000243. The van der Waals surface area contributed by atoms with Crippen LogP contribution in [0.2, 0.25) is 0 Å². The summed E-state index contributed by atoms with van der Waals surface area (Å²) in [5.41, 5.74) is 0.905. The van der Waals surface area contributed by atoms with Crippen LogP contribution in [0.5, 0.6) is 0 Å². The van der Waals surface area contributed by atoms with Crippen molar-refractivity contribution in [3.05, 3.63) is 27.2 Å². The molecule has 12 heteroatoms. The third-order valence-electron chi connectivity index (χ3n) is 4.05. The lowest BCUT2D eigenvalue weighted by atomic mass is 10.1. The summed E-state index contributed by atoms with van der Waals surface area (Å²) in [5.74, 6) is -0.0540. The van der Waals surface area contributed by atoms with E-state index in [-0.39, 0.29) is 37.3 Å². The van der Waals surface area contributed by atoms with Crippen molar-refractivity contribution in [2.75, 3.05) is 5.32 Å². The molecule has 2 unspecified atom stereocenters. The average molecular weight is 505 g/mol. The molecule has 0 aromatic carbocycles. The van der Waals surface area contributed by atoms with Crippen LogP contribution in [-0.4, -0.2) is 37.7 Å². The first-order valence-electron chi connectivity index (χ1n) is 7.53. The first-order valence-corrected chi connectivity index (χ1v) is 8.61. The highest BCUT2D eigenvalue weighted by atomic mass is 127.